The molecule has 3 nitrogen and oxygen atoms in total. The summed E-state index contributed by atoms with van der Waals surface area (Å²) >= 11 is 0. The van der Waals surface area contributed by atoms with Crippen LogP contribution in [0.25, 0.3) is 0 Å². The first-order chi connectivity index (χ1) is 8.13. The van der Waals surface area contributed by atoms with Crippen LogP contribution in [0, 0.1) is 0 Å². The Labute approximate surface area is 115 Å². The highest BCUT2D eigenvalue weighted by Crippen LogP contribution is 2.23. The molecular formula is C14H21ClN2O. The number of nitrogens with zero attached hydrogens (tertiary/aromatic N) is 1. The van der Waals surface area contributed by atoms with Crippen molar-refractivity contribution in [3.8, 4) is 0 Å². The molecule has 0 saturated heterocycles. The van der Waals surface area contributed by atoms with Gasteiger partial charge in [-0.3, -0.25) is 4.79 Å². The molecule has 0 fully saturated rings. The van der Waals surface area contributed by atoms with Crippen LogP contribution in [0.1, 0.15) is 36.2 Å². The number of benzene rings is 1. The lowest BCUT2D eigenvalue weighted by Crippen LogP contribution is -2.34. The van der Waals surface area contributed by atoms with Crippen molar-refractivity contribution in [1.29, 1.82) is 0 Å². The highest BCUT2D eigenvalue weighted by atomic mass is 35.5. The van der Waals surface area contributed by atoms with Crippen molar-refractivity contribution in [2.75, 3.05) is 18.9 Å². The maximum Gasteiger partial charge on any atom is 0.253 e. The first-order valence-electron chi connectivity index (χ1n) is 6.27. The van der Waals surface area contributed by atoms with Gasteiger partial charge in [-0.1, -0.05) is 6.92 Å². The zero-order chi connectivity index (χ0) is 12.4. The van der Waals surface area contributed by atoms with E-state index in [1.54, 1.807) is 0 Å². The molecule has 1 atom stereocenters. The fraction of sp³-hybridized carbons (Fsp3) is 0.500. The molecular weight excluding hydrogens is 248 g/mol. The Morgan fingerprint density at radius 1 is 1.50 bits per heavy atom. The minimum atomic E-state index is 0. The van der Waals surface area contributed by atoms with Gasteiger partial charge < -0.3 is 10.2 Å². The molecule has 18 heavy (non-hydrogen) atoms. The Hall–Kier alpha value is -1.22. The second-order valence-electron chi connectivity index (χ2n) is 4.72. The van der Waals surface area contributed by atoms with Gasteiger partial charge in [0.1, 0.15) is 0 Å². The molecule has 0 spiro atoms. The van der Waals surface area contributed by atoms with Gasteiger partial charge in [0.15, 0.2) is 0 Å². The summed E-state index contributed by atoms with van der Waals surface area (Å²) in [4.78, 5) is 14.1. The van der Waals surface area contributed by atoms with Crippen LogP contribution in [0.15, 0.2) is 18.2 Å². The highest BCUT2D eigenvalue weighted by molar-refractivity contribution is 5.95. The Kier molecular flexibility index (Phi) is 5.03. The smallest absolute Gasteiger partial charge is 0.253 e. The average molecular weight is 269 g/mol. The van der Waals surface area contributed by atoms with Crippen LogP contribution in [0.4, 0.5) is 5.69 Å². The molecule has 0 saturated carbocycles. The monoisotopic (exact) mass is 268 g/mol. The lowest BCUT2D eigenvalue weighted by Gasteiger charge is -2.24. The summed E-state index contributed by atoms with van der Waals surface area (Å²) in [5, 5.41) is 3.30. The fourth-order valence-corrected chi connectivity index (χ4v) is 2.12. The molecule has 1 N–H and O–H groups in total. The normalized spacial score (nSPS) is 14.2. The van der Waals surface area contributed by atoms with E-state index < -0.39 is 0 Å². The minimum absolute atomic E-state index is 0. The molecule has 0 bridgehead atoms. The van der Waals surface area contributed by atoms with E-state index in [9.17, 15) is 4.79 Å². The molecule has 1 amide bonds. The largest absolute Gasteiger partial charge is 0.384 e. The van der Waals surface area contributed by atoms with Gasteiger partial charge in [-0.25, -0.2) is 0 Å². The number of hydrogen-bond donors (Lipinski definition) is 1. The number of halogens is 1. The van der Waals surface area contributed by atoms with E-state index in [2.05, 4.69) is 19.2 Å². The first-order valence-corrected chi connectivity index (χ1v) is 6.27. The molecule has 1 aliphatic rings. The van der Waals surface area contributed by atoms with E-state index in [1.807, 2.05) is 30.1 Å². The average Bonchev–Trinajstić information content (AvgIpc) is 2.83. The first kappa shape index (κ1) is 14.8. The quantitative estimate of drug-likeness (QED) is 0.914. The van der Waals surface area contributed by atoms with E-state index in [-0.39, 0.29) is 24.4 Å². The van der Waals surface area contributed by atoms with E-state index in [1.165, 1.54) is 11.3 Å². The SMILES string of the molecule is CCC(C)N(C)C(=O)c1ccc2c(c1)CCN2.Cl. The number of rotatable bonds is 3. The second-order valence-corrected chi connectivity index (χ2v) is 4.72. The lowest BCUT2D eigenvalue weighted by molar-refractivity contribution is 0.0740. The van der Waals surface area contributed by atoms with E-state index in [0.29, 0.717) is 0 Å². The van der Waals surface area contributed by atoms with E-state index in [0.717, 1.165) is 24.9 Å². The van der Waals surface area contributed by atoms with Gasteiger partial charge in [-0.2, -0.15) is 0 Å². The van der Waals surface area contributed by atoms with Gasteiger partial charge in [0, 0.05) is 30.9 Å². The van der Waals surface area contributed by atoms with Gasteiger partial charge >= 0.3 is 0 Å². The molecule has 0 radical (unpaired) electrons. The maximum absolute atomic E-state index is 12.3. The standard InChI is InChI=1S/C14H20N2O.ClH/c1-4-10(2)16(3)14(17)12-5-6-13-11(9-12)7-8-15-13;/h5-6,9-10,15H,4,7-8H2,1-3H3;1H. The highest BCUT2D eigenvalue weighted by Gasteiger charge is 2.18. The summed E-state index contributed by atoms with van der Waals surface area (Å²) in [5.74, 6) is 0.119. The summed E-state index contributed by atoms with van der Waals surface area (Å²) in [6.45, 7) is 5.15. The van der Waals surface area contributed by atoms with Gasteiger partial charge in [0.2, 0.25) is 0 Å². The van der Waals surface area contributed by atoms with E-state index in [4.69, 9.17) is 0 Å². The van der Waals surface area contributed by atoms with Crippen molar-refractivity contribution in [3.05, 3.63) is 29.3 Å². The third-order valence-corrected chi connectivity index (χ3v) is 3.63. The Bertz CT molecular complexity index is 434. The molecule has 1 aromatic carbocycles. The summed E-state index contributed by atoms with van der Waals surface area (Å²) < 4.78 is 0. The summed E-state index contributed by atoms with van der Waals surface area (Å²) in [5.41, 5.74) is 3.23. The number of anilines is 1. The van der Waals surface area contributed by atoms with Crippen molar-refractivity contribution in [2.24, 2.45) is 0 Å². The zero-order valence-corrected chi connectivity index (χ0v) is 12.0. The fourth-order valence-electron chi connectivity index (χ4n) is 2.12. The number of amides is 1. The van der Waals surface area contributed by atoms with Crippen molar-refractivity contribution in [1.82, 2.24) is 4.90 Å². The van der Waals surface area contributed by atoms with Crippen LogP contribution in [0.5, 0.6) is 0 Å². The van der Waals surface area contributed by atoms with Gasteiger partial charge in [0.25, 0.3) is 5.91 Å². The summed E-state index contributed by atoms with van der Waals surface area (Å²) in [6.07, 6.45) is 2.00. The van der Waals surface area contributed by atoms with Crippen molar-refractivity contribution >= 4 is 24.0 Å². The third-order valence-electron chi connectivity index (χ3n) is 3.63. The van der Waals surface area contributed by atoms with Gasteiger partial charge in [-0.05, 0) is 43.5 Å². The lowest BCUT2D eigenvalue weighted by atomic mass is 10.1. The number of carbonyl (C=O) groups is 1. The number of fused-ring (bicyclic) bond motifs is 1. The van der Waals surface area contributed by atoms with Crippen molar-refractivity contribution < 1.29 is 4.79 Å². The Morgan fingerprint density at radius 3 is 2.89 bits per heavy atom. The van der Waals surface area contributed by atoms with Crippen LogP contribution in [-0.4, -0.2) is 30.4 Å². The number of hydrogen-bond acceptors (Lipinski definition) is 2. The van der Waals surface area contributed by atoms with Crippen LogP contribution in [-0.2, 0) is 6.42 Å². The summed E-state index contributed by atoms with van der Waals surface area (Å²) in [7, 11) is 1.88. The number of carbonyl (C=O) groups excluding carboxylic acids is 1. The van der Waals surface area contributed by atoms with Crippen LogP contribution in [0.2, 0.25) is 0 Å². The molecule has 0 aliphatic carbocycles. The number of nitrogens with one attached hydrogen (secondary N) is 1. The Balaban J connectivity index is 0.00000162. The van der Waals surface area contributed by atoms with Crippen molar-refractivity contribution in [2.45, 2.75) is 32.7 Å². The molecule has 1 aliphatic heterocycles. The topological polar surface area (TPSA) is 32.3 Å². The van der Waals surface area contributed by atoms with Gasteiger partial charge in [0.05, 0.1) is 0 Å². The molecule has 100 valence electrons. The van der Waals surface area contributed by atoms with E-state index >= 15 is 0 Å². The minimum Gasteiger partial charge on any atom is -0.384 e. The predicted molar refractivity (Wildman–Crippen MR) is 77.7 cm³/mol. The van der Waals surface area contributed by atoms with Crippen LogP contribution >= 0.6 is 12.4 Å². The zero-order valence-electron chi connectivity index (χ0n) is 11.2. The molecule has 4 heteroatoms. The third kappa shape index (κ3) is 2.78. The molecule has 1 unspecified atom stereocenters. The van der Waals surface area contributed by atoms with Crippen LogP contribution < -0.4 is 5.32 Å². The Morgan fingerprint density at radius 2 is 2.22 bits per heavy atom. The molecule has 2 rings (SSSR count). The summed E-state index contributed by atoms with van der Waals surface area (Å²) in [6, 6.07) is 6.24. The molecule has 1 heterocycles. The second kappa shape index (κ2) is 6.10. The maximum atomic E-state index is 12.3. The van der Waals surface area contributed by atoms with Gasteiger partial charge in [-0.15, -0.1) is 12.4 Å². The van der Waals surface area contributed by atoms with Crippen LogP contribution in [0.3, 0.4) is 0 Å². The molecule has 0 aromatic heterocycles. The van der Waals surface area contributed by atoms with Crippen molar-refractivity contribution in [3.63, 3.8) is 0 Å². The molecule has 1 aromatic rings. The predicted octanol–water partition coefficient (Wildman–Crippen LogP) is 2.95.